The summed E-state index contributed by atoms with van der Waals surface area (Å²) in [5.41, 5.74) is 0. The Hall–Kier alpha value is 5.93. The molecule has 0 aromatic carbocycles. The summed E-state index contributed by atoms with van der Waals surface area (Å²) in [5.74, 6) is 13.0. The van der Waals surface area contributed by atoms with Crippen molar-refractivity contribution >= 4 is 457 Å². The maximum Gasteiger partial charge on any atom is 6.00 e. The molecule has 0 aromatic rings. The summed E-state index contributed by atoms with van der Waals surface area (Å²) in [4.78, 5) is 16.4. The maximum atomic E-state index is 7.13. The molecule has 0 saturated carbocycles. The largest absolute Gasteiger partial charge is 6.00 e. The molecule has 0 bridgehead atoms. The van der Waals surface area contributed by atoms with Crippen LogP contribution in [0.5, 0.6) is 0 Å². The van der Waals surface area contributed by atoms with Gasteiger partial charge in [0.15, 0.2) is 0 Å². The van der Waals surface area contributed by atoms with Crippen LogP contribution >= 0.6 is 426 Å². The van der Waals surface area contributed by atoms with Gasteiger partial charge in [0.1, 0.15) is 0 Å². The second kappa shape index (κ2) is 47.7. The first-order valence-electron chi connectivity index (χ1n) is 27.9. The molecule has 0 amide bonds. The van der Waals surface area contributed by atoms with Gasteiger partial charge in [-0.25, -0.2) is 0 Å². The molecular formula is C56H40CrN6S36. The average molecular weight is 2000 g/mol. The Balaban J connectivity index is 0.000000136. The molecule has 0 radical (unpaired) electrons. The molecular weight excluding hydrogens is 1960 g/mol. The van der Waals surface area contributed by atoms with Gasteiger partial charge in [0, 0.05) is 107 Å². The van der Waals surface area contributed by atoms with Gasteiger partial charge in [-0.3, -0.25) is 0 Å². The summed E-state index contributed by atoms with van der Waals surface area (Å²) in [7, 11) is 0. The maximum absolute atomic E-state index is 7.13. The van der Waals surface area contributed by atoms with E-state index in [9.17, 15) is 0 Å². The molecule has 0 fully saturated rings. The van der Waals surface area contributed by atoms with Crippen molar-refractivity contribution in [1.29, 1.82) is 0 Å². The van der Waals surface area contributed by atoms with Crippen LogP contribution in [0.15, 0.2) is 134 Å². The Morgan fingerprint density at radius 1 is 0.162 bits per heavy atom. The molecule has 0 aliphatic carbocycles. The van der Waals surface area contributed by atoms with Crippen LogP contribution in [0.4, 0.5) is 0 Å². The Morgan fingerprint density at radius 2 is 0.242 bits per heavy atom. The molecule has 20 aliphatic rings. The predicted molar refractivity (Wildman–Crippen MR) is 524 cm³/mol. The predicted octanol–water partition coefficient (Wildman–Crippen LogP) is 32.4. The summed E-state index contributed by atoms with van der Waals surface area (Å²) >= 11 is 83.3. The van der Waals surface area contributed by atoms with Crippen LogP contribution in [-0.4, -0.2) is 88.5 Å². The fraction of sp³-hybridized carbons (Fsp3) is 0.357. The summed E-state index contributed by atoms with van der Waals surface area (Å²) in [5, 5.41) is 50.8. The van der Waals surface area contributed by atoms with Crippen molar-refractivity contribution in [3.63, 3.8) is 0 Å². The van der Waals surface area contributed by atoms with E-state index in [-0.39, 0.29) is 17.4 Å². The molecule has 0 unspecified atom stereocenters. The zero-order chi connectivity index (χ0) is 68.9. The minimum absolute atomic E-state index is 0. The van der Waals surface area contributed by atoms with E-state index in [1.807, 2.05) is 353 Å². The van der Waals surface area contributed by atoms with Crippen LogP contribution in [0.1, 0.15) is 64.2 Å². The van der Waals surface area contributed by atoms with E-state index in [0.29, 0.717) is 0 Å². The number of hydrogen-bond acceptors (Lipinski definition) is 36. The number of thiocarbonyl (C=S) groups is 6. The summed E-state index contributed by atoms with van der Waals surface area (Å²) < 4.78 is 31.5. The second-order valence-electron chi connectivity index (χ2n) is 18.6. The SMILES string of the molecule is C1CC2=C(S1)S/C(=C1/SC3=C(SCC3)S1)S2.C1CC2=C(S1)S/C(=C1/SC3=C(SCC3)S1)S2.C1CC2=C(S1)S/C(=C1\SC3=C(SCC3)S1)S2.C1CC2=C(S1)S/C(=C1\SC3=C(SCC3)S1)S2.C1CC2=C(S1)S/C(=C1\SC3=C(SCC3)S1)S2.[Cr+6].[N-]=C=S.[N-]=C=S.[N-]=C=S.[N-]=C=S.[N-]=C=S.[N-]=C=S. The molecule has 516 valence electrons. The van der Waals surface area contributed by atoms with Gasteiger partial charge in [-0.2, -0.15) is 31.0 Å². The summed E-state index contributed by atoms with van der Waals surface area (Å²) in [6.45, 7) is 0. The number of isothiocyanates is 6. The number of allylic oxidation sites excluding steroid dienone is 10. The van der Waals surface area contributed by atoms with Crippen molar-refractivity contribution in [3.8, 4) is 0 Å². The minimum atomic E-state index is 0. The van der Waals surface area contributed by atoms with Crippen molar-refractivity contribution in [2.45, 2.75) is 64.2 Å². The first-order chi connectivity index (χ1) is 48.0. The van der Waals surface area contributed by atoms with Crippen LogP contribution in [0.3, 0.4) is 0 Å². The summed E-state index contributed by atoms with van der Waals surface area (Å²) in [6, 6.07) is 0. The molecule has 0 saturated heterocycles. The normalized spacial score (nSPS) is 27.2. The third-order valence-corrected chi connectivity index (χ3v) is 56.8. The Labute approximate surface area is 749 Å². The average Bonchev–Trinajstić information content (AvgIpc) is 1.67. The van der Waals surface area contributed by atoms with Crippen molar-refractivity contribution in [3.05, 3.63) is 166 Å². The third-order valence-electron chi connectivity index (χ3n) is 12.7. The molecule has 6 nitrogen and oxygen atoms in total. The van der Waals surface area contributed by atoms with Gasteiger partial charge in [0.2, 0.25) is 0 Å². The van der Waals surface area contributed by atoms with E-state index in [2.05, 4.69) is 73.3 Å². The summed E-state index contributed by atoms with van der Waals surface area (Å²) in [6.07, 6.45) is 13.0. The second-order valence-corrected chi connectivity index (χ2v) is 57.1. The van der Waals surface area contributed by atoms with E-state index >= 15 is 0 Å². The smallest absolute Gasteiger partial charge is 0.753 e. The van der Waals surface area contributed by atoms with Gasteiger partial charge in [-0.05, 0) is 64.2 Å². The van der Waals surface area contributed by atoms with E-state index in [1.54, 1.807) is 134 Å². The minimum Gasteiger partial charge on any atom is -0.753 e. The fourth-order valence-electron chi connectivity index (χ4n) is 8.98. The molecule has 0 spiro atoms. The third kappa shape index (κ3) is 25.5. The van der Waals surface area contributed by atoms with Crippen molar-refractivity contribution in [2.24, 2.45) is 0 Å². The molecule has 0 aromatic heterocycles. The van der Waals surface area contributed by atoms with Gasteiger partial charge in [0.25, 0.3) is 0 Å². The molecule has 20 aliphatic heterocycles. The molecule has 0 atom stereocenters. The Morgan fingerprint density at radius 3 is 0.313 bits per heavy atom. The number of thioether (sulfide) groups is 30. The zero-order valence-corrected chi connectivity index (χ0v) is 80.6. The monoisotopic (exact) mass is 2000 g/mol. The van der Waals surface area contributed by atoms with Crippen LogP contribution in [-0.2, 0) is 17.4 Å². The van der Waals surface area contributed by atoms with E-state index in [4.69, 9.17) is 32.5 Å². The van der Waals surface area contributed by atoms with Gasteiger partial charge >= 0.3 is 17.4 Å². The molecule has 0 N–H and O–H groups in total. The van der Waals surface area contributed by atoms with Crippen LogP contribution in [0, 0.1) is 0 Å². The molecule has 99 heavy (non-hydrogen) atoms. The fourth-order valence-corrected chi connectivity index (χ4v) is 55.1. The van der Waals surface area contributed by atoms with Crippen molar-refractivity contribution in [2.75, 3.05) is 57.5 Å². The zero-order valence-electron chi connectivity index (χ0n) is 49.9. The number of nitrogens with zero attached hydrogens (tertiary/aromatic N) is 6. The quantitative estimate of drug-likeness (QED) is 0.168. The van der Waals surface area contributed by atoms with Gasteiger partial charge in [-0.1, -0.05) is 309 Å². The molecule has 43 heteroatoms. The first-order valence-corrected chi connectivity index (χ1v) is 56.6. The molecule has 20 rings (SSSR count). The number of hydrogen-bond donors (Lipinski definition) is 0. The van der Waals surface area contributed by atoms with Gasteiger partial charge < -0.3 is 32.5 Å². The number of rotatable bonds is 0. The van der Waals surface area contributed by atoms with Crippen LogP contribution in [0.25, 0.3) is 32.5 Å². The topological polar surface area (TPSA) is 134 Å². The molecule has 20 heterocycles. The first kappa shape index (κ1) is 88.9. The van der Waals surface area contributed by atoms with E-state index in [0.717, 1.165) is 0 Å². The van der Waals surface area contributed by atoms with Crippen molar-refractivity contribution in [1.82, 2.24) is 0 Å². The van der Waals surface area contributed by atoms with Crippen LogP contribution in [0.2, 0.25) is 0 Å². The van der Waals surface area contributed by atoms with Crippen LogP contribution < -0.4 is 0 Å². The standard InChI is InChI=1S/5C10H8S6.6CNS.Cr/c5*1-3-11-7-5(1)13-9(15-7)10-14-6-2-4-12-8(6)16-10;6*2-1-3;/h5*1-4H2;;;;;;;/q;;;;;6*-1;+6/b3*10-9+;2*10-9-;;;;;;;. The Kier molecular flexibility index (Phi) is 42.8. The van der Waals surface area contributed by atoms with Crippen molar-refractivity contribution < 1.29 is 17.4 Å². The van der Waals surface area contributed by atoms with Gasteiger partial charge in [0.05, 0.1) is 84.7 Å². The van der Waals surface area contributed by atoms with E-state index in [1.165, 1.54) is 153 Å². The Bertz CT molecular complexity index is 2970. The van der Waals surface area contributed by atoms with E-state index < -0.39 is 0 Å². The van der Waals surface area contributed by atoms with Gasteiger partial charge in [-0.15, -0.1) is 118 Å².